The molecular weight excluding hydrogens is 399 g/mol. The number of nitrogens with one attached hydrogen (secondary N) is 1. The van der Waals surface area contributed by atoms with Gasteiger partial charge in [-0.15, -0.1) is 0 Å². The average Bonchev–Trinajstić information content (AvgIpc) is 2.69. The lowest BCUT2D eigenvalue weighted by molar-refractivity contribution is -0.137. The fraction of sp³-hybridized carbons (Fsp3) is 0.182. The summed E-state index contributed by atoms with van der Waals surface area (Å²) in [5.74, 6) is -0.510. The zero-order chi connectivity index (χ0) is 21.7. The standard InChI is InChI=1S/C22H18F3NO4/c1-2-29-19-8-3-4-9-20(19)30-18-11-10-14(22(23,24)25)12-17(18)21(28)26-15-6-5-7-16(27)13-15/h3-6,8-13H,2,7H2,1H3,(H,26,28). The number of benzene rings is 2. The molecule has 2 aromatic carbocycles. The number of amides is 1. The van der Waals surface area contributed by atoms with Crippen molar-refractivity contribution in [3.8, 4) is 17.2 Å². The summed E-state index contributed by atoms with van der Waals surface area (Å²) in [6, 6.07) is 9.24. The van der Waals surface area contributed by atoms with Crippen molar-refractivity contribution in [2.45, 2.75) is 19.5 Å². The highest BCUT2D eigenvalue weighted by Gasteiger charge is 2.32. The van der Waals surface area contributed by atoms with Gasteiger partial charge in [-0.05, 0) is 43.3 Å². The van der Waals surface area contributed by atoms with Crippen molar-refractivity contribution in [3.05, 3.63) is 77.5 Å². The van der Waals surface area contributed by atoms with Crippen LogP contribution in [-0.4, -0.2) is 18.3 Å². The van der Waals surface area contributed by atoms with Gasteiger partial charge in [0.2, 0.25) is 0 Å². The van der Waals surface area contributed by atoms with Crippen LogP contribution in [0.25, 0.3) is 0 Å². The second-order valence-corrected chi connectivity index (χ2v) is 6.32. The first kappa shape index (κ1) is 21.2. The first-order valence-electron chi connectivity index (χ1n) is 9.11. The molecule has 0 saturated heterocycles. The molecule has 0 spiro atoms. The second kappa shape index (κ2) is 8.86. The Labute approximate surface area is 170 Å². The number of carbonyl (C=O) groups excluding carboxylic acids is 2. The molecule has 8 heteroatoms. The molecule has 30 heavy (non-hydrogen) atoms. The van der Waals surface area contributed by atoms with Crippen molar-refractivity contribution < 1.29 is 32.2 Å². The Morgan fingerprint density at radius 2 is 1.83 bits per heavy atom. The van der Waals surface area contributed by atoms with E-state index in [1.807, 2.05) is 0 Å². The van der Waals surface area contributed by atoms with E-state index in [0.717, 1.165) is 12.1 Å². The van der Waals surface area contributed by atoms with Gasteiger partial charge < -0.3 is 14.8 Å². The van der Waals surface area contributed by atoms with Crippen molar-refractivity contribution >= 4 is 11.7 Å². The summed E-state index contributed by atoms with van der Waals surface area (Å²) in [6.45, 7) is 2.13. The molecule has 5 nitrogen and oxygen atoms in total. The smallest absolute Gasteiger partial charge is 0.416 e. The number of para-hydroxylation sites is 2. The van der Waals surface area contributed by atoms with E-state index in [1.165, 1.54) is 12.2 Å². The minimum Gasteiger partial charge on any atom is -0.490 e. The molecule has 0 bridgehead atoms. The van der Waals surface area contributed by atoms with E-state index in [9.17, 15) is 22.8 Å². The summed E-state index contributed by atoms with van der Waals surface area (Å²) in [5.41, 5.74) is -1.14. The monoisotopic (exact) mass is 417 g/mol. The summed E-state index contributed by atoms with van der Waals surface area (Å²) >= 11 is 0. The maximum absolute atomic E-state index is 13.2. The molecule has 1 aliphatic carbocycles. The third-order valence-corrected chi connectivity index (χ3v) is 4.11. The predicted molar refractivity (Wildman–Crippen MR) is 103 cm³/mol. The van der Waals surface area contributed by atoms with Crippen molar-refractivity contribution in [3.63, 3.8) is 0 Å². The zero-order valence-corrected chi connectivity index (χ0v) is 16.0. The molecule has 0 fully saturated rings. The van der Waals surface area contributed by atoms with Gasteiger partial charge >= 0.3 is 6.18 Å². The summed E-state index contributed by atoms with van der Waals surface area (Å²) < 4.78 is 50.8. The van der Waals surface area contributed by atoms with Crippen LogP contribution in [0.3, 0.4) is 0 Å². The molecule has 0 aromatic heterocycles. The minimum absolute atomic E-state index is 0.0839. The number of hydrogen-bond acceptors (Lipinski definition) is 4. The van der Waals surface area contributed by atoms with Crippen LogP contribution in [-0.2, 0) is 11.0 Å². The Morgan fingerprint density at radius 3 is 2.50 bits per heavy atom. The lowest BCUT2D eigenvalue weighted by Gasteiger charge is -2.16. The van der Waals surface area contributed by atoms with Crippen LogP contribution >= 0.6 is 0 Å². The van der Waals surface area contributed by atoms with Gasteiger partial charge in [0.15, 0.2) is 17.3 Å². The molecule has 3 rings (SSSR count). The maximum atomic E-state index is 13.2. The van der Waals surface area contributed by atoms with Crippen LogP contribution in [0.5, 0.6) is 17.2 Å². The second-order valence-electron chi connectivity index (χ2n) is 6.32. The van der Waals surface area contributed by atoms with Crippen LogP contribution in [0.2, 0.25) is 0 Å². The van der Waals surface area contributed by atoms with Gasteiger partial charge in [0.1, 0.15) is 5.75 Å². The van der Waals surface area contributed by atoms with Gasteiger partial charge in [-0.3, -0.25) is 9.59 Å². The SMILES string of the molecule is CCOc1ccccc1Oc1ccc(C(F)(F)F)cc1C(=O)NC1=CC(=O)CC=C1. The van der Waals surface area contributed by atoms with Crippen molar-refractivity contribution in [1.82, 2.24) is 5.32 Å². The number of alkyl halides is 3. The highest BCUT2D eigenvalue weighted by molar-refractivity contribution is 6.00. The fourth-order valence-electron chi connectivity index (χ4n) is 2.76. The molecule has 1 N–H and O–H groups in total. The largest absolute Gasteiger partial charge is 0.490 e. The van der Waals surface area contributed by atoms with Crippen LogP contribution in [0, 0.1) is 0 Å². The van der Waals surface area contributed by atoms with Gasteiger partial charge in [0.25, 0.3) is 5.91 Å². The van der Waals surface area contributed by atoms with E-state index in [-0.39, 0.29) is 35.0 Å². The number of ketones is 1. The highest BCUT2D eigenvalue weighted by atomic mass is 19.4. The lowest BCUT2D eigenvalue weighted by atomic mass is 10.1. The topological polar surface area (TPSA) is 64.6 Å². The molecule has 0 unspecified atom stereocenters. The summed E-state index contributed by atoms with van der Waals surface area (Å²) in [4.78, 5) is 24.3. The maximum Gasteiger partial charge on any atom is 0.416 e. The Balaban J connectivity index is 1.98. The van der Waals surface area contributed by atoms with Gasteiger partial charge in [-0.25, -0.2) is 0 Å². The number of allylic oxidation sites excluding steroid dienone is 3. The normalized spacial score (nSPS) is 13.6. The Hall–Kier alpha value is -3.55. The number of ether oxygens (including phenoxy) is 2. The van der Waals surface area contributed by atoms with Crippen molar-refractivity contribution in [1.29, 1.82) is 0 Å². The van der Waals surface area contributed by atoms with Crippen molar-refractivity contribution in [2.75, 3.05) is 6.61 Å². The molecule has 2 aromatic rings. The van der Waals surface area contributed by atoms with E-state index in [2.05, 4.69) is 5.32 Å². The van der Waals surface area contributed by atoms with Crippen molar-refractivity contribution in [2.24, 2.45) is 0 Å². The third-order valence-electron chi connectivity index (χ3n) is 4.11. The number of hydrogen-bond donors (Lipinski definition) is 1. The van der Waals surface area contributed by atoms with Crippen LogP contribution in [0.15, 0.2) is 66.4 Å². The average molecular weight is 417 g/mol. The van der Waals surface area contributed by atoms with Gasteiger partial charge in [0.05, 0.1) is 17.7 Å². The fourth-order valence-corrected chi connectivity index (χ4v) is 2.76. The molecule has 0 saturated carbocycles. The van der Waals surface area contributed by atoms with E-state index in [0.29, 0.717) is 18.4 Å². The van der Waals surface area contributed by atoms with Gasteiger partial charge in [-0.1, -0.05) is 18.2 Å². The molecule has 1 aliphatic rings. The van der Waals surface area contributed by atoms with E-state index < -0.39 is 17.6 Å². The number of halogens is 3. The molecule has 156 valence electrons. The predicted octanol–water partition coefficient (Wildman–Crippen LogP) is 5.04. The zero-order valence-electron chi connectivity index (χ0n) is 16.0. The van der Waals surface area contributed by atoms with E-state index in [4.69, 9.17) is 9.47 Å². The molecule has 0 heterocycles. The number of carbonyl (C=O) groups is 2. The van der Waals surface area contributed by atoms with E-state index >= 15 is 0 Å². The quantitative estimate of drug-likeness (QED) is 0.715. The molecular formula is C22H18F3NO4. The summed E-state index contributed by atoms with van der Waals surface area (Å²) in [6.07, 6.45) is -0.156. The number of rotatable bonds is 6. The van der Waals surface area contributed by atoms with Crippen LogP contribution < -0.4 is 14.8 Å². The van der Waals surface area contributed by atoms with Gasteiger partial charge in [0, 0.05) is 18.2 Å². The van der Waals surface area contributed by atoms with Crippen LogP contribution in [0.4, 0.5) is 13.2 Å². The Bertz CT molecular complexity index is 1030. The Kier molecular flexibility index (Phi) is 6.25. The molecule has 0 aliphatic heterocycles. The van der Waals surface area contributed by atoms with Crippen LogP contribution in [0.1, 0.15) is 29.3 Å². The van der Waals surface area contributed by atoms with E-state index in [1.54, 1.807) is 37.3 Å². The highest BCUT2D eigenvalue weighted by Crippen LogP contribution is 2.36. The molecule has 0 atom stereocenters. The third kappa shape index (κ3) is 5.08. The lowest BCUT2D eigenvalue weighted by Crippen LogP contribution is -2.24. The first-order chi connectivity index (χ1) is 14.3. The minimum atomic E-state index is -4.64. The summed E-state index contributed by atoms with van der Waals surface area (Å²) in [7, 11) is 0. The Morgan fingerprint density at radius 1 is 1.10 bits per heavy atom. The summed E-state index contributed by atoms with van der Waals surface area (Å²) in [5, 5.41) is 2.45. The molecule has 0 radical (unpaired) electrons. The van der Waals surface area contributed by atoms with Gasteiger partial charge in [-0.2, -0.15) is 13.2 Å². The first-order valence-corrected chi connectivity index (χ1v) is 9.11. The molecule has 1 amide bonds.